The molecule has 6 heteroatoms. The lowest BCUT2D eigenvalue weighted by Crippen LogP contribution is -2.55. The zero-order valence-electron chi connectivity index (χ0n) is 10.7. The van der Waals surface area contributed by atoms with Gasteiger partial charge in [-0.05, 0) is 19.6 Å². The molecule has 1 amide bonds. The van der Waals surface area contributed by atoms with Crippen LogP contribution in [-0.2, 0) is 9.59 Å². The Hall–Kier alpha value is -0.750. The van der Waals surface area contributed by atoms with Crippen LogP contribution in [0.3, 0.4) is 0 Å². The average molecular weight is 263 g/mol. The van der Waals surface area contributed by atoms with Gasteiger partial charge in [-0.2, -0.15) is 0 Å². The third-order valence-corrected chi connectivity index (χ3v) is 8.17. The summed E-state index contributed by atoms with van der Waals surface area (Å²) in [4.78, 5) is 22.9. The summed E-state index contributed by atoms with van der Waals surface area (Å²) in [5, 5.41) is 11.5. The van der Waals surface area contributed by atoms with Crippen LogP contribution >= 0.6 is 10.3 Å². The summed E-state index contributed by atoms with van der Waals surface area (Å²) in [6.45, 7) is 7.13. The SMILES string of the molecule is CCS1(O)C(C)CC(=O)NC(C(=O)O)C1(C)C. The Labute approximate surface area is 103 Å². The van der Waals surface area contributed by atoms with E-state index in [1.54, 1.807) is 13.8 Å². The van der Waals surface area contributed by atoms with Gasteiger partial charge in [0.2, 0.25) is 5.91 Å². The Balaban J connectivity index is 3.29. The molecule has 0 radical (unpaired) electrons. The molecule has 17 heavy (non-hydrogen) atoms. The van der Waals surface area contributed by atoms with Gasteiger partial charge in [-0.1, -0.05) is 13.8 Å². The summed E-state index contributed by atoms with van der Waals surface area (Å²) in [6, 6.07) is -1.03. The zero-order chi connectivity index (χ0) is 13.4. The number of amides is 1. The highest BCUT2D eigenvalue weighted by atomic mass is 32.3. The first-order valence-electron chi connectivity index (χ1n) is 5.71. The molecule has 0 saturated carbocycles. The molecule has 5 nitrogen and oxygen atoms in total. The predicted octanol–water partition coefficient (Wildman–Crippen LogP) is 1.42. The third-order valence-electron chi connectivity index (χ3n) is 3.74. The molecule has 0 bridgehead atoms. The Morgan fingerprint density at radius 2 is 2.12 bits per heavy atom. The second-order valence-electron chi connectivity index (χ2n) is 5.00. The van der Waals surface area contributed by atoms with Crippen LogP contribution in [0.2, 0.25) is 0 Å². The first-order chi connectivity index (χ1) is 7.66. The largest absolute Gasteiger partial charge is 0.480 e. The molecular formula is C11H21NO4S. The summed E-state index contributed by atoms with van der Waals surface area (Å²) in [6.07, 6.45) is 0.187. The van der Waals surface area contributed by atoms with Gasteiger partial charge in [0, 0.05) is 16.4 Å². The van der Waals surface area contributed by atoms with Gasteiger partial charge in [0.05, 0.1) is 0 Å². The molecule has 0 spiro atoms. The van der Waals surface area contributed by atoms with Crippen LogP contribution < -0.4 is 5.32 Å². The molecule has 100 valence electrons. The molecule has 0 aromatic rings. The lowest BCUT2D eigenvalue weighted by Gasteiger charge is -2.51. The van der Waals surface area contributed by atoms with Gasteiger partial charge in [-0.15, -0.1) is 10.3 Å². The Morgan fingerprint density at radius 3 is 2.53 bits per heavy atom. The van der Waals surface area contributed by atoms with Crippen molar-refractivity contribution in [1.29, 1.82) is 0 Å². The standard InChI is InChI=1S/C11H21NO4S/c1-5-17(16)7(2)6-8(13)12-9(10(14)15)11(17,3)4/h7,9,16H,5-6H2,1-4H3,(H,12,13)(H,14,15). The molecular weight excluding hydrogens is 242 g/mol. The molecule has 3 N–H and O–H groups in total. The van der Waals surface area contributed by atoms with Gasteiger partial charge < -0.3 is 15.0 Å². The second-order valence-corrected chi connectivity index (χ2v) is 8.94. The summed E-state index contributed by atoms with van der Waals surface area (Å²) >= 11 is 0. The van der Waals surface area contributed by atoms with E-state index in [1.807, 2.05) is 13.8 Å². The molecule has 1 saturated heterocycles. The van der Waals surface area contributed by atoms with Crippen molar-refractivity contribution in [3.63, 3.8) is 0 Å². The predicted molar refractivity (Wildman–Crippen MR) is 68.5 cm³/mol. The molecule has 0 aromatic heterocycles. The first-order valence-corrected chi connectivity index (χ1v) is 7.53. The van der Waals surface area contributed by atoms with Crippen molar-refractivity contribution in [3.8, 4) is 0 Å². The number of hydrogen-bond donors (Lipinski definition) is 3. The smallest absolute Gasteiger partial charge is 0.327 e. The highest BCUT2D eigenvalue weighted by Gasteiger charge is 2.52. The molecule has 0 aromatic carbocycles. The van der Waals surface area contributed by atoms with Crippen molar-refractivity contribution < 1.29 is 19.2 Å². The fourth-order valence-electron chi connectivity index (χ4n) is 2.53. The maximum Gasteiger partial charge on any atom is 0.327 e. The minimum absolute atomic E-state index is 0.187. The first kappa shape index (κ1) is 14.3. The maximum atomic E-state index is 11.6. The molecule has 1 fully saturated rings. The molecule has 1 aliphatic heterocycles. The van der Waals surface area contributed by atoms with Crippen molar-refractivity contribution in [2.24, 2.45) is 0 Å². The highest BCUT2D eigenvalue weighted by Crippen LogP contribution is 2.62. The number of nitrogens with one attached hydrogen (secondary N) is 1. The second kappa shape index (κ2) is 4.49. The quantitative estimate of drug-likeness (QED) is 0.703. The van der Waals surface area contributed by atoms with Crippen LogP contribution in [-0.4, -0.2) is 43.3 Å². The number of carboxylic acid groups (broad SMARTS) is 1. The monoisotopic (exact) mass is 263 g/mol. The van der Waals surface area contributed by atoms with Crippen LogP contribution in [0.25, 0.3) is 0 Å². The van der Waals surface area contributed by atoms with E-state index in [4.69, 9.17) is 0 Å². The van der Waals surface area contributed by atoms with Gasteiger partial charge in [-0.25, -0.2) is 4.79 Å². The van der Waals surface area contributed by atoms with E-state index in [1.165, 1.54) is 0 Å². The molecule has 1 rings (SSSR count). The lowest BCUT2D eigenvalue weighted by molar-refractivity contribution is -0.142. The number of carboxylic acids is 1. The Kier molecular flexibility index (Phi) is 3.78. The van der Waals surface area contributed by atoms with Crippen molar-refractivity contribution in [1.82, 2.24) is 5.32 Å². The fraction of sp³-hybridized carbons (Fsp3) is 0.818. The summed E-state index contributed by atoms with van der Waals surface area (Å²) in [5.41, 5.74) is 0. The number of aliphatic carboxylic acids is 1. The van der Waals surface area contributed by atoms with Gasteiger partial charge >= 0.3 is 5.97 Å². The van der Waals surface area contributed by atoms with E-state index in [0.29, 0.717) is 5.75 Å². The van der Waals surface area contributed by atoms with Crippen molar-refractivity contribution >= 4 is 22.2 Å². The summed E-state index contributed by atoms with van der Waals surface area (Å²) in [5.74, 6) is -0.883. The zero-order valence-corrected chi connectivity index (χ0v) is 11.5. The lowest BCUT2D eigenvalue weighted by atomic mass is 10.0. The number of hydrogen-bond acceptors (Lipinski definition) is 3. The molecule has 3 unspecified atom stereocenters. The highest BCUT2D eigenvalue weighted by molar-refractivity contribution is 8.30. The van der Waals surface area contributed by atoms with Crippen molar-refractivity contribution in [2.45, 2.75) is 50.2 Å². The van der Waals surface area contributed by atoms with E-state index in [9.17, 15) is 19.2 Å². The molecule has 1 aliphatic rings. The number of carbonyl (C=O) groups is 2. The molecule has 1 heterocycles. The molecule has 0 aliphatic carbocycles. The fourth-order valence-corrected chi connectivity index (χ4v) is 5.88. The van der Waals surface area contributed by atoms with Crippen LogP contribution in [0.1, 0.15) is 34.1 Å². The third kappa shape index (κ3) is 2.15. The van der Waals surface area contributed by atoms with Gasteiger partial charge in [0.1, 0.15) is 6.04 Å². The van der Waals surface area contributed by atoms with Crippen molar-refractivity contribution in [3.05, 3.63) is 0 Å². The van der Waals surface area contributed by atoms with E-state index in [-0.39, 0.29) is 17.6 Å². The topological polar surface area (TPSA) is 86.6 Å². The van der Waals surface area contributed by atoms with E-state index >= 15 is 0 Å². The van der Waals surface area contributed by atoms with Crippen molar-refractivity contribution in [2.75, 3.05) is 5.75 Å². The van der Waals surface area contributed by atoms with Gasteiger partial charge in [0.25, 0.3) is 0 Å². The Morgan fingerprint density at radius 1 is 1.59 bits per heavy atom. The maximum absolute atomic E-state index is 11.6. The number of rotatable bonds is 2. The summed E-state index contributed by atoms with van der Waals surface area (Å²) < 4.78 is 9.99. The minimum atomic E-state index is -2.16. The average Bonchev–Trinajstić information content (AvgIpc) is 2.28. The van der Waals surface area contributed by atoms with Gasteiger partial charge in [0.15, 0.2) is 0 Å². The Bertz CT molecular complexity index is 344. The molecule has 3 atom stereocenters. The van der Waals surface area contributed by atoms with E-state index in [0.717, 1.165) is 0 Å². The van der Waals surface area contributed by atoms with Gasteiger partial charge in [-0.3, -0.25) is 4.79 Å². The summed E-state index contributed by atoms with van der Waals surface area (Å²) in [7, 11) is -2.16. The van der Waals surface area contributed by atoms with Crippen LogP contribution in [0.5, 0.6) is 0 Å². The van der Waals surface area contributed by atoms with Crippen LogP contribution in [0.4, 0.5) is 0 Å². The van der Waals surface area contributed by atoms with Crippen LogP contribution in [0, 0.1) is 0 Å². The van der Waals surface area contributed by atoms with E-state index in [2.05, 4.69) is 5.32 Å². The normalized spacial score (nSPS) is 40.9. The minimum Gasteiger partial charge on any atom is -0.480 e. The van der Waals surface area contributed by atoms with Crippen LogP contribution in [0.15, 0.2) is 0 Å². The number of carbonyl (C=O) groups excluding carboxylic acids is 1. The van der Waals surface area contributed by atoms with E-state index < -0.39 is 27.1 Å².